The van der Waals surface area contributed by atoms with Gasteiger partial charge in [0.2, 0.25) is 5.91 Å². The van der Waals surface area contributed by atoms with Crippen molar-refractivity contribution < 1.29 is 57.0 Å². The minimum Gasteiger partial charge on any atom is -0.460 e. The number of amides is 1. The molecule has 0 aromatic rings. The van der Waals surface area contributed by atoms with E-state index in [1.807, 2.05) is 20.8 Å². The first-order valence-electron chi connectivity index (χ1n) is 20.0. The third-order valence-electron chi connectivity index (χ3n) is 7.40. The number of ether oxygens (including phenoxy) is 10. The minimum atomic E-state index is -0.395. The third kappa shape index (κ3) is 46.0. The first-order chi connectivity index (χ1) is 26.3. The summed E-state index contributed by atoms with van der Waals surface area (Å²) in [7, 11) is 0. The lowest BCUT2D eigenvalue weighted by atomic mass is 10.0. The second kappa shape index (κ2) is 42.0. The molecule has 0 radical (unpaired) electrons. The van der Waals surface area contributed by atoms with E-state index in [1.54, 1.807) is 0 Å². The van der Waals surface area contributed by atoms with E-state index in [1.165, 1.54) is 38.5 Å². The number of hydrogen-bond acceptors (Lipinski definition) is 13. The molecule has 1 amide bonds. The van der Waals surface area contributed by atoms with Crippen molar-refractivity contribution in [3.8, 4) is 0 Å². The Morgan fingerprint density at radius 3 is 1.15 bits per heavy atom. The smallest absolute Gasteiger partial charge is 0.306 e. The Morgan fingerprint density at radius 2 is 0.796 bits per heavy atom. The van der Waals surface area contributed by atoms with Crippen LogP contribution in [0.4, 0.5) is 0 Å². The first-order valence-corrected chi connectivity index (χ1v) is 20.0. The molecule has 0 spiro atoms. The van der Waals surface area contributed by atoms with Crippen LogP contribution >= 0.6 is 0 Å². The zero-order valence-electron chi connectivity index (χ0n) is 33.9. The van der Waals surface area contributed by atoms with Crippen molar-refractivity contribution in [1.82, 2.24) is 5.32 Å². The highest BCUT2D eigenvalue weighted by Gasteiger charge is 2.15. The van der Waals surface area contributed by atoms with Gasteiger partial charge in [0.15, 0.2) is 0 Å². The Hall–Kier alpha value is -2.11. The zero-order valence-corrected chi connectivity index (χ0v) is 33.9. The fourth-order valence-corrected chi connectivity index (χ4v) is 4.72. The van der Waals surface area contributed by atoms with Crippen LogP contribution in [0.15, 0.2) is 5.11 Å². The lowest BCUT2D eigenvalue weighted by Crippen LogP contribution is -2.27. The Kier molecular flexibility index (Phi) is 40.4. The summed E-state index contributed by atoms with van der Waals surface area (Å²) < 4.78 is 54.3. The monoisotopic (exact) mass is 779 g/mol. The molecule has 0 bridgehead atoms. The van der Waals surface area contributed by atoms with Crippen LogP contribution in [-0.2, 0) is 57.0 Å². The number of hydrogen-bond donors (Lipinski definition) is 1. The predicted molar refractivity (Wildman–Crippen MR) is 206 cm³/mol. The summed E-state index contributed by atoms with van der Waals surface area (Å²) in [5.41, 5.74) is 7.75. The molecule has 0 aliphatic heterocycles. The van der Waals surface area contributed by atoms with Gasteiger partial charge in [0.25, 0.3) is 0 Å². The van der Waals surface area contributed by atoms with Crippen LogP contribution in [0.1, 0.15) is 97.8 Å². The van der Waals surface area contributed by atoms with Crippen LogP contribution in [0.5, 0.6) is 0 Å². The fraction of sp³-hybridized carbons (Fsp3) is 0.947. The highest BCUT2D eigenvalue weighted by Crippen LogP contribution is 2.14. The molecule has 0 aromatic carbocycles. The molecular weight excluding hydrogens is 704 g/mol. The van der Waals surface area contributed by atoms with E-state index in [0.717, 1.165) is 25.7 Å². The molecule has 16 heteroatoms. The Bertz CT molecular complexity index is 876. The van der Waals surface area contributed by atoms with Crippen LogP contribution in [0.25, 0.3) is 10.4 Å². The van der Waals surface area contributed by atoms with Crippen molar-refractivity contribution >= 4 is 11.9 Å². The summed E-state index contributed by atoms with van der Waals surface area (Å²) >= 11 is 0. The van der Waals surface area contributed by atoms with Crippen LogP contribution in [0.3, 0.4) is 0 Å². The predicted octanol–water partition coefficient (Wildman–Crippen LogP) is 5.59. The van der Waals surface area contributed by atoms with Gasteiger partial charge in [-0.15, -0.1) is 0 Å². The lowest BCUT2D eigenvalue weighted by Gasteiger charge is -2.19. The van der Waals surface area contributed by atoms with Crippen LogP contribution in [-0.4, -0.2) is 149 Å². The summed E-state index contributed by atoms with van der Waals surface area (Å²) in [5.74, 6) is -0.0130. The summed E-state index contributed by atoms with van der Waals surface area (Å²) in [6, 6.07) is 0. The number of esters is 1. The fourth-order valence-electron chi connectivity index (χ4n) is 4.72. The van der Waals surface area contributed by atoms with Gasteiger partial charge < -0.3 is 52.7 Å². The summed E-state index contributed by atoms with van der Waals surface area (Å²) in [4.78, 5) is 26.4. The van der Waals surface area contributed by atoms with Gasteiger partial charge in [-0.2, -0.15) is 0 Å². The Balaban J connectivity index is 3.18. The molecule has 318 valence electrons. The van der Waals surface area contributed by atoms with Crippen molar-refractivity contribution in [2.24, 2.45) is 5.11 Å². The topological polar surface area (TPSA) is 187 Å². The zero-order chi connectivity index (χ0) is 39.5. The molecule has 0 aromatic heterocycles. The molecule has 0 unspecified atom stereocenters. The second-order valence-electron chi connectivity index (χ2n) is 13.4. The number of carbonyl (C=O) groups is 2. The minimum absolute atomic E-state index is 0.0817. The van der Waals surface area contributed by atoms with Crippen molar-refractivity contribution in [3.05, 3.63) is 10.4 Å². The summed E-state index contributed by atoms with van der Waals surface area (Å²) in [6.45, 7) is 15.1. The van der Waals surface area contributed by atoms with E-state index in [-0.39, 0.29) is 11.9 Å². The van der Waals surface area contributed by atoms with E-state index in [4.69, 9.17) is 52.9 Å². The van der Waals surface area contributed by atoms with Gasteiger partial charge in [-0.1, -0.05) is 56.5 Å². The van der Waals surface area contributed by atoms with Crippen molar-refractivity contribution in [3.63, 3.8) is 0 Å². The van der Waals surface area contributed by atoms with Gasteiger partial charge in [-0.25, -0.2) is 0 Å². The van der Waals surface area contributed by atoms with Crippen molar-refractivity contribution in [1.29, 1.82) is 0 Å². The molecule has 1 N–H and O–H groups in total. The highest BCUT2D eigenvalue weighted by molar-refractivity contribution is 5.75. The van der Waals surface area contributed by atoms with Gasteiger partial charge in [0.05, 0.1) is 119 Å². The van der Waals surface area contributed by atoms with E-state index in [0.29, 0.717) is 145 Å². The maximum Gasteiger partial charge on any atom is 0.306 e. The normalized spacial score (nSPS) is 11.5. The highest BCUT2D eigenvalue weighted by atomic mass is 16.6. The number of unbranched alkanes of at least 4 members (excludes halogenated alkanes) is 9. The number of carbonyl (C=O) groups excluding carboxylic acids is 2. The van der Waals surface area contributed by atoms with Crippen LogP contribution in [0.2, 0.25) is 0 Å². The molecule has 16 nitrogen and oxygen atoms in total. The van der Waals surface area contributed by atoms with E-state index in [2.05, 4.69) is 15.3 Å². The number of nitrogens with one attached hydrogen (secondary N) is 1. The number of nitrogens with zero attached hydrogens (tertiary/aromatic N) is 3. The molecule has 0 saturated heterocycles. The van der Waals surface area contributed by atoms with Crippen molar-refractivity contribution in [2.45, 2.75) is 103 Å². The quantitative estimate of drug-likeness (QED) is 0.0267. The standard InChI is InChI=1S/C38H74N4O12/c1-38(2,3)54-37(44)15-13-11-9-7-5-4-6-8-10-12-14-36(43)40-16-18-45-20-22-47-24-26-49-28-30-51-32-34-53-35-33-52-31-29-50-27-25-48-23-21-46-19-17-41-42-39/h4-35H2,1-3H3,(H,40,43). The van der Waals surface area contributed by atoms with Crippen molar-refractivity contribution in [2.75, 3.05) is 132 Å². The molecule has 0 heterocycles. The maximum absolute atomic E-state index is 12.0. The molecule has 0 aliphatic rings. The largest absolute Gasteiger partial charge is 0.460 e. The van der Waals surface area contributed by atoms with Gasteiger partial charge in [-0.3, -0.25) is 9.59 Å². The summed E-state index contributed by atoms with van der Waals surface area (Å²) in [6.07, 6.45) is 12.3. The van der Waals surface area contributed by atoms with Crippen LogP contribution in [0, 0.1) is 0 Å². The lowest BCUT2D eigenvalue weighted by molar-refractivity contribution is -0.154. The Morgan fingerprint density at radius 1 is 0.481 bits per heavy atom. The molecule has 54 heavy (non-hydrogen) atoms. The van der Waals surface area contributed by atoms with Crippen LogP contribution < -0.4 is 5.32 Å². The maximum atomic E-state index is 12.0. The first kappa shape index (κ1) is 51.9. The van der Waals surface area contributed by atoms with Gasteiger partial charge >= 0.3 is 5.97 Å². The third-order valence-corrected chi connectivity index (χ3v) is 7.40. The molecule has 0 aliphatic carbocycles. The number of rotatable bonds is 43. The average Bonchev–Trinajstić information content (AvgIpc) is 3.13. The van der Waals surface area contributed by atoms with E-state index >= 15 is 0 Å². The van der Waals surface area contributed by atoms with Gasteiger partial charge in [0.1, 0.15) is 5.60 Å². The average molecular weight is 779 g/mol. The van der Waals surface area contributed by atoms with Gasteiger partial charge in [0, 0.05) is 30.8 Å². The van der Waals surface area contributed by atoms with Gasteiger partial charge in [-0.05, 0) is 39.1 Å². The molecule has 0 saturated carbocycles. The second-order valence-corrected chi connectivity index (χ2v) is 13.4. The number of azide groups is 1. The van der Waals surface area contributed by atoms with E-state index in [9.17, 15) is 9.59 Å². The molecule has 0 rings (SSSR count). The van der Waals surface area contributed by atoms with E-state index < -0.39 is 5.60 Å². The molecule has 0 fully saturated rings. The summed E-state index contributed by atoms with van der Waals surface area (Å²) in [5, 5.41) is 6.29. The molecule has 0 atom stereocenters. The SMILES string of the molecule is CC(C)(C)OC(=O)CCCCCCCCCCCCC(=O)NCCOCCOCCOCCOCCOCCOCCOCCOCCOCCN=[N+]=[N-]. The molecular formula is C38H74N4O12. The Labute approximate surface area is 324 Å².